The van der Waals surface area contributed by atoms with Crippen LogP contribution in [0.4, 0.5) is 0 Å². The van der Waals surface area contributed by atoms with E-state index in [0.717, 1.165) is 19.3 Å². The van der Waals surface area contributed by atoms with Gasteiger partial charge in [-0.1, -0.05) is 49.5 Å². The van der Waals surface area contributed by atoms with E-state index in [2.05, 4.69) is 19.1 Å². The fourth-order valence-electron chi connectivity index (χ4n) is 2.46. The van der Waals surface area contributed by atoms with Gasteiger partial charge in [0.1, 0.15) is 6.61 Å². The molecule has 2 radical (unpaired) electrons. The third-order valence-corrected chi connectivity index (χ3v) is 3.43. The molecule has 0 saturated heterocycles. The van der Waals surface area contributed by atoms with Crippen LogP contribution in [-0.2, 0) is 11.3 Å². The standard InChI is InChI=1S/C15H19BO/c1-2-13-8-15(16)9-14(13)11-17-10-12-6-4-3-5-7-12/h3-7,11,13,15H,2,8-10H2,1H3/t13-,15-/m0/s1. The maximum absolute atomic E-state index is 5.98. The molecule has 0 aromatic heterocycles. The normalized spacial score (nSPS) is 26.3. The summed E-state index contributed by atoms with van der Waals surface area (Å²) in [6, 6.07) is 10.2. The molecule has 0 amide bonds. The molecule has 1 aromatic rings. The van der Waals surface area contributed by atoms with Crippen molar-refractivity contribution in [3.05, 3.63) is 47.7 Å². The number of rotatable bonds is 4. The number of hydrogen-bond acceptors (Lipinski definition) is 1. The predicted molar refractivity (Wildman–Crippen MR) is 71.8 cm³/mol. The first-order valence-electron chi connectivity index (χ1n) is 6.39. The van der Waals surface area contributed by atoms with E-state index in [4.69, 9.17) is 12.6 Å². The van der Waals surface area contributed by atoms with Crippen LogP contribution in [0.1, 0.15) is 31.7 Å². The molecule has 1 aliphatic carbocycles. The molecule has 17 heavy (non-hydrogen) atoms. The Morgan fingerprint density at radius 3 is 2.82 bits per heavy atom. The molecule has 1 saturated carbocycles. The Balaban J connectivity index is 1.88. The quantitative estimate of drug-likeness (QED) is 0.559. The molecule has 1 nitrogen and oxygen atoms in total. The summed E-state index contributed by atoms with van der Waals surface area (Å²) in [5, 5.41) is 0. The lowest BCUT2D eigenvalue weighted by Gasteiger charge is -2.09. The fourth-order valence-corrected chi connectivity index (χ4v) is 2.46. The summed E-state index contributed by atoms with van der Waals surface area (Å²) in [6.07, 6.45) is 5.20. The van der Waals surface area contributed by atoms with Crippen molar-refractivity contribution in [2.75, 3.05) is 0 Å². The molecule has 1 aromatic carbocycles. The zero-order valence-corrected chi connectivity index (χ0v) is 10.4. The number of ether oxygens (including phenoxy) is 1. The van der Waals surface area contributed by atoms with Crippen LogP contribution < -0.4 is 0 Å². The second kappa shape index (κ2) is 5.95. The molecule has 0 spiro atoms. The summed E-state index contributed by atoms with van der Waals surface area (Å²) in [4.78, 5) is 0. The predicted octanol–water partition coefficient (Wildman–Crippen LogP) is 3.86. The molecule has 0 aliphatic heterocycles. The largest absolute Gasteiger partial charge is 0.497 e. The maximum atomic E-state index is 5.98. The summed E-state index contributed by atoms with van der Waals surface area (Å²) in [5.41, 5.74) is 2.59. The summed E-state index contributed by atoms with van der Waals surface area (Å²) < 4.78 is 5.67. The van der Waals surface area contributed by atoms with Gasteiger partial charge in [0.15, 0.2) is 0 Å². The third kappa shape index (κ3) is 3.39. The van der Waals surface area contributed by atoms with Crippen LogP contribution in [0.2, 0.25) is 5.82 Å². The second-order valence-corrected chi connectivity index (χ2v) is 4.79. The summed E-state index contributed by atoms with van der Waals surface area (Å²) in [5.74, 6) is 0.951. The van der Waals surface area contributed by atoms with Crippen LogP contribution in [0.5, 0.6) is 0 Å². The van der Waals surface area contributed by atoms with Gasteiger partial charge in [-0.3, -0.25) is 0 Å². The van der Waals surface area contributed by atoms with Crippen LogP contribution in [0.3, 0.4) is 0 Å². The highest BCUT2D eigenvalue weighted by atomic mass is 16.5. The highest BCUT2D eigenvalue weighted by Gasteiger charge is 2.24. The molecule has 2 rings (SSSR count). The average molecular weight is 226 g/mol. The maximum Gasteiger partial charge on any atom is 0.112 e. The molecule has 2 atom stereocenters. The molecule has 2 heteroatoms. The first-order valence-corrected chi connectivity index (χ1v) is 6.39. The number of benzene rings is 1. The van der Waals surface area contributed by atoms with Crippen molar-refractivity contribution in [2.45, 2.75) is 38.6 Å². The Kier molecular flexibility index (Phi) is 4.30. The monoisotopic (exact) mass is 226 g/mol. The molecule has 1 fully saturated rings. The van der Waals surface area contributed by atoms with Crippen molar-refractivity contribution >= 4 is 7.85 Å². The molecule has 0 unspecified atom stereocenters. The van der Waals surface area contributed by atoms with Gasteiger partial charge in [-0.25, -0.2) is 0 Å². The van der Waals surface area contributed by atoms with E-state index in [0.29, 0.717) is 18.3 Å². The van der Waals surface area contributed by atoms with E-state index < -0.39 is 0 Å². The smallest absolute Gasteiger partial charge is 0.112 e. The van der Waals surface area contributed by atoms with Crippen molar-refractivity contribution < 1.29 is 4.74 Å². The Labute approximate surface area is 105 Å². The first kappa shape index (κ1) is 12.3. The Bertz CT molecular complexity index is 372. The molecular formula is C15H19BO. The van der Waals surface area contributed by atoms with E-state index in [1.54, 1.807) is 0 Å². The molecule has 0 heterocycles. The van der Waals surface area contributed by atoms with E-state index in [9.17, 15) is 0 Å². The molecular weight excluding hydrogens is 207 g/mol. The van der Waals surface area contributed by atoms with Gasteiger partial charge < -0.3 is 4.74 Å². The third-order valence-electron chi connectivity index (χ3n) is 3.43. The number of allylic oxidation sites excluding steroid dienone is 1. The molecule has 0 N–H and O–H groups in total. The van der Waals surface area contributed by atoms with Gasteiger partial charge in [-0.05, 0) is 29.9 Å². The lowest BCUT2D eigenvalue weighted by atomic mass is 9.85. The fraction of sp³-hybridized carbons (Fsp3) is 0.467. The highest BCUT2D eigenvalue weighted by Crippen LogP contribution is 2.39. The summed E-state index contributed by atoms with van der Waals surface area (Å²) >= 11 is 0. The lowest BCUT2D eigenvalue weighted by Crippen LogP contribution is -1.95. The minimum Gasteiger partial charge on any atom is -0.497 e. The van der Waals surface area contributed by atoms with Crippen molar-refractivity contribution in [2.24, 2.45) is 5.92 Å². The van der Waals surface area contributed by atoms with Crippen LogP contribution in [0, 0.1) is 5.92 Å². The molecule has 0 bridgehead atoms. The Morgan fingerprint density at radius 2 is 2.12 bits per heavy atom. The van der Waals surface area contributed by atoms with Gasteiger partial charge >= 0.3 is 0 Å². The van der Waals surface area contributed by atoms with Crippen molar-refractivity contribution in [1.82, 2.24) is 0 Å². The SMILES string of the molecule is [B][C@@H]1CC(=COCc2ccccc2)[C@@H](CC)C1. The van der Waals surface area contributed by atoms with Crippen molar-refractivity contribution in [3.63, 3.8) is 0 Å². The minimum atomic E-state index is 0.325. The van der Waals surface area contributed by atoms with Crippen LogP contribution >= 0.6 is 0 Å². The van der Waals surface area contributed by atoms with Gasteiger partial charge in [0, 0.05) is 0 Å². The molecule has 1 aliphatic rings. The van der Waals surface area contributed by atoms with Gasteiger partial charge in [0.05, 0.1) is 14.1 Å². The van der Waals surface area contributed by atoms with Gasteiger partial charge in [0.25, 0.3) is 0 Å². The van der Waals surface area contributed by atoms with Gasteiger partial charge in [-0.15, -0.1) is 0 Å². The first-order chi connectivity index (χ1) is 8.29. The Morgan fingerprint density at radius 1 is 1.35 bits per heavy atom. The van der Waals surface area contributed by atoms with E-state index in [1.165, 1.54) is 11.1 Å². The van der Waals surface area contributed by atoms with E-state index in [1.807, 2.05) is 24.5 Å². The topological polar surface area (TPSA) is 9.23 Å². The van der Waals surface area contributed by atoms with Gasteiger partial charge in [-0.2, -0.15) is 0 Å². The van der Waals surface area contributed by atoms with E-state index >= 15 is 0 Å². The zero-order chi connectivity index (χ0) is 12.1. The van der Waals surface area contributed by atoms with Crippen LogP contribution in [-0.4, -0.2) is 7.85 Å². The van der Waals surface area contributed by atoms with Crippen LogP contribution in [0.25, 0.3) is 0 Å². The second-order valence-electron chi connectivity index (χ2n) is 4.79. The van der Waals surface area contributed by atoms with E-state index in [-0.39, 0.29) is 0 Å². The van der Waals surface area contributed by atoms with Crippen molar-refractivity contribution in [1.29, 1.82) is 0 Å². The minimum absolute atomic E-state index is 0.325. The zero-order valence-electron chi connectivity index (χ0n) is 10.4. The summed E-state index contributed by atoms with van der Waals surface area (Å²) in [7, 11) is 5.98. The highest BCUT2D eigenvalue weighted by molar-refractivity contribution is 6.12. The van der Waals surface area contributed by atoms with Crippen LogP contribution in [0.15, 0.2) is 42.2 Å². The Hall–Kier alpha value is -1.18. The number of hydrogen-bond donors (Lipinski definition) is 0. The summed E-state index contributed by atoms with van der Waals surface area (Å²) in [6.45, 7) is 2.86. The molecule has 88 valence electrons. The van der Waals surface area contributed by atoms with Crippen molar-refractivity contribution in [3.8, 4) is 0 Å². The lowest BCUT2D eigenvalue weighted by molar-refractivity contribution is 0.230. The average Bonchev–Trinajstić information content (AvgIpc) is 2.71. The van der Waals surface area contributed by atoms with Gasteiger partial charge in [0.2, 0.25) is 0 Å².